The van der Waals surface area contributed by atoms with Gasteiger partial charge in [-0.25, -0.2) is 9.78 Å². The number of aromatic nitrogens is 2. The molecule has 0 aliphatic carbocycles. The number of carboxylic acids is 1. The number of nitrogens with one attached hydrogen (secondary N) is 4. The van der Waals surface area contributed by atoms with E-state index >= 15 is 0 Å². The molecule has 0 saturated carbocycles. The standard InChI is InChI=1S/C25H36N10O7/c26-16(8-13-3-5-15(36)6-4-13)21(38)34-18(10-20(27)37)23(40)33-17(2-1-7-31-25(28)29)22(39)35-19(24(41)42)9-14-11-30-12-32-14/h3-6,11-12,16-19,36H,1-2,7-10,26H2,(H2,27,37)(H,30,32)(H,33,40)(H,34,38)(H,35,39)(H,41,42)(H4,28,29,31). The number of aromatic hydroxyl groups is 1. The third kappa shape index (κ3) is 11.5. The second kappa shape index (κ2) is 16.2. The van der Waals surface area contributed by atoms with Crippen LogP contribution in [0.5, 0.6) is 5.75 Å². The van der Waals surface area contributed by atoms with Gasteiger partial charge in [-0.1, -0.05) is 12.1 Å². The van der Waals surface area contributed by atoms with Crippen molar-refractivity contribution < 1.29 is 34.2 Å². The van der Waals surface area contributed by atoms with Crippen LogP contribution < -0.4 is 38.9 Å². The molecule has 0 bridgehead atoms. The summed E-state index contributed by atoms with van der Waals surface area (Å²) in [5.41, 5.74) is 23.0. The van der Waals surface area contributed by atoms with Gasteiger partial charge in [-0.15, -0.1) is 0 Å². The van der Waals surface area contributed by atoms with E-state index in [1.807, 2.05) is 0 Å². The fourth-order valence-electron chi connectivity index (χ4n) is 3.80. The van der Waals surface area contributed by atoms with Crippen molar-refractivity contribution in [1.29, 1.82) is 0 Å². The third-order valence-electron chi connectivity index (χ3n) is 5.94. The molecule has 0 aliphatic heterocycles. The number of benzene rings is 1. The summed E-state index contributed by atoms with van der Waals surface area (Å²) in [5.74, 6) is -4.94. The maximum absolute atomic E-state index is 13.2. The summed E-state index contributed by atoms with van der Waals surface area (Å²) in [6.45, 7) is 0.103. The van der Waals surface area contributed by atoms with Gasteiger partial charge in [-0.2, -0.15) is 0 Å². The lowest BCUT2D eigenvalue weighted by atomic mass is 10.0. The molecule has 4 amide bonds. The number of hydrogen-bond acceptors (Lipinski definition) is 9. The van der Waals surface area contributed by atoms with E-state index < -0.39 is 60.2 Å². The van der Waals surface area contributed by atoms with Crippen LogP contribution in [0.25, 0.3) is 0 Å². The molecule has 2 aromatic rings. The highest BCUT2D eigenvalue weighted by Gasteiger charge is 2.31. The molecular formula is C25H36N10O7. The number of guanidine groups is 1. The van der Waals surface area contributed by atoms with E-state index in [-0.39, 0.29) is 43.9 Å². The number of aliphatic carboxylic acids is 1. The van der Waals surface area contributed by atoms with Crippen LogP contribution in [0.2, 0.25) is 0 Å². The Morgan fingerprint density at radius 3 is 2.10 bits per heavy atom. The Morgan fingerprint density at radius 1 is 0.905 bits per heavy atom. The van der Waals surface area contributed by atoms with Gasteiger partial charge in [0.1, 0.15) is 23.9 Å². The molecule has 17 heteroatoms. The van der Waals surface area contributed by atoms with Crippen LogP contribution in [-0.4, -0.2) is 86.5 Å². The number of imidazole rings is 1. The Balaban J connectivity index is 2.16. The number of phenolic OH excluding ortho intramolecular Hbond substituents is 1. The molecule has 1 aromatic carbocycles. The van der Waals surface area contributed by atoms with E-state index in [9.17, 15) is 34.2 Å². The van der Waals surface area contributed by atoms with Crippen LogP contribution in [-0.2, 0) is 36.8 Å². The number of hydrogen-bond donors (Lipinski definition) is 10. The Kier molecular flexibility index (Phi) is 12.7. The summed E-state index contributed by atoms with van der Waals surface area (Å²) in [5, 5.41) is 26.2. The first kappa shape index (κ1) is 33.0. The number of aliphatic imine (C=N–C) groups is 1. The van der Waals surface area contributed by atoms with Gasteiger partial charge >= 0.3 is 5.97 Å². The first-order valence-corrected chi connectivity index (χ1v) is 12.8. The monoisotopic (exact) mass is 588 g/mol. The minimum absolute atomic E-state index is 0.0254. The summed E-state index contributed by atoms with van der Waals surface area (Å²) in [4.78, 5) is 73.0. The second-order valence-electron chi connectivity index (χ2n) is 9.40. The zero-order valence-electron chi connectivity index (χ0n) is 22.7. The smallest absolute Gasteiger partial charge is 0.326 e. The predicted octanol–water partition coefficient (Wildman–Crippen LogP) is -3.30. The third-order valence-corrected chi connectivity index (χ3v) is 5.94. The normalized spacial score (nSPS) is 13.5. The number of nitrogens with two attached hydrogens (primary N) is 4. The van der Waals surface area contributed by atoms with Gasteiger partial charge in [0.25, 0.3) is 0 Å². The minimum Gasteiger partial charge on any atom is -0.508 e. The fourth-order valence-corrected chi connectivity index (χ4v) is 3.80. The molecule has 14 N–H and O–H groups in total. The SMILES string of the molecule is NC(=O)CC(NC(=O)C(N)Cc1ccc(O)cc1)C(=O)NC(CCCN=C(N)N)C(=O)NC(Cc1cnc[nH]1)C(=O)O. The van der Waals surface area contributed by atoms with E-state index in [1.54, 1.807) is 12.1 Å². The zero-order valence-corrected chi connectivity index (χ0v) is 22.7. The number of nitrogens with zero attached hydrogens (tertiary/aromatic N) is 2. The molecule has 0 radical (unpaired) electrons. The van der Waals surface area contributed by atoms with E-state index in [1.165, 1.54) is 24.7 Å². The van der Waals surface area contributed by atoms with Crippen molar-refractivity contribution in [2.75, 3.05) is 6.54 Å². The first-order chi connectivity index (χ1) is 19.8. The molecule has 42 heavy (non-hydrogen) atoms. The van der Waals surface area contributed by atoms with Crippen molar-refractivity contribution in [3.63, 3.8) is 0 Å². The molecular weight excluding hydrogens is 552 g/mol. The fraction of sp³-hybridized carbons (Fsp3) is 0.400. The predicted molar refractivity (Wildman–Crippen MR) is 149 cm³/mol. The topological polar surface area (TPSA) is 307 Å². The van der Waals surface area contributed by atoms with Crippen molar-refractivity contribution in [3.8, 4) is 5.75 Å². The lowest BCUT2D eigenvalue weighted by molar-refractivity contribution is -0.142. The van der Waals surface area contributed by atoms with Crippen LogP contribution in [0, 0.1) is 0 Å². The van der Waals surface area contributed by atoms with Gasteiger partial charge in [0, 0.05) is 24.9 Å². The molecule has 4 unspecified atom stereocenters. The molecule has 0 saturated heterocycles. The number of H-pyrrole nitrogens is 1. The number of phenols is 1. The molecule has 0 aliphatic rings. The summed E-state index contributed by atoms with van der Waals surface area (Å²) in [7, 11) is 0. The number of carboxylic acid groups (broad SMARTS) is 1. The average molecular weight is 589 g/mol. The molecule has 228 valence electrons. The molecule has 2 rings (SSSR count). The molecule has 0 spiro atoms. The van der Waals surface area contributed by atoms with Gasteiger partial charge in [-0.3, -0.25) is 24.2 Å². The maximum Gasteiger partial charge on any atom is 0.326 e. The lowest BCUT2D eigenvalue weighted by Gasteiger charge is -2.24. The van der Waals surface area contributed by atoms with Gasteiger partial charge in [-0.05, 0) is 37.0 Å². The van der Waals surface area contributed by atoms with Crippen molar-refractivity contribution in [2.45, 2.75) is 56.3 Å². The van der Waals surface area contributed by atoms with E-state index in [4.69, 9.17) is 22.9 Å². The minimum atomic E-state index is -1.49. The van der Waals surface area contributed by atoms with Gasteiger partial charge in [0.15, 0.2) is 5.96 Å². The van der Waals surface area contributed by atoms with Crippen molar-refractivity contribution in [3.05, 3.63) is 48.0 Å². The van der Waals surface area contributed by atoms with Crippen molar-refractivity contribution in [2.24, 2.45) is 27.9 Å². The summed E-state index contributed by atoms with van der Waals surface area (Å²) >= 11 is 0. The number of amides is 4. The van der Waals surface area contributed by atoms with Crippen LogP contribution in [0.4, 0.5) is 0 Å². The number of aromatic amines is 1. The zero-order chi connectivity index (χ0) is 31.2. The van der Waals surface area contributed by atoms with Gasteiger partial charge in [0.2, 0.25) is 23.6 Å². The van der Waals surface area contributed by atoms with Crippen LogP contribution in [0.15, 0.2) is 41.8 Å². The number of rotatable bonds is 17. The average Bonchev–Trinajstić information content (AvgIpc) is 3.43. The molecule has 1 heterocycles. The summed E-state index contributed by atoms with van der Waals surface area (Å²) in [6.07, 6.45) is 2.27. The van der Waals surface area contributed by atoms with Crippen LogP contribution in [0.3, 0.4) is 0 Å². The van der Waals surface area contributed by atoms with Crippen molar-refractivity contribution in [1.82, 2.24) is 25.9 Å². The van der Waals surface area contributed by atoms with E-state index in [0.29, 0.717) is 11.3 Å². The van der Waals surface area contributed by atoms with Crippen LogP contribution >= 0.6 is 0 Å². The molecule has 1 aromatic heterocycles. The number of carbonyl (C=O) groups is 5. The van der Waals surface area contributed by atoms with Crippen LogP contribution in [0.1, 0.15) is 30.5 Å². The first-order valence-electron chi connectivity index (χ1n) is 12.8. The Labute approximate surface area is 240 Å². The van der Waals surface area contributed by atoms with Crippen molar-refractivity contribution >= 4 is 35.6 Å². The Bertz CT molecular complexity index is 1250. The van der Waals surface area contributed by atoms with E-state index in [0.717, 1.165) is 0 Å². The number of primary amides is 1. The largest absolute Gasteiger partial charge is 0.508 e. The Morgan fingerprint density at radius 2 is 1.52 bits per heavy atom. The van der Waals surface area contributed by atoms with E-state index in [2.05, 4.69) is 30.9 Å². The highest BCUT2D eigenvalue weighted by Crippen LogP contribution is 2.11. The maximum atomic E-state index is 13.2. The lowest BCUT2D eigenvalue weighted by Crippen LogP contribution is -2.58. The van der Waals surface area contributed by atoms with Gasteiger partial charge in [0.05, 0.1) is 18.8 Å². The second-order valence-corrected chi connectivity index (χ2v) is 9.40. The Hall–Kier alpha value is -5.19. The van der Waals surface area contributed by atoms with Gasteiger partial charge < -0.3 is 54.1 Å². The molecule has 0 fully saturated rings. The number of carbonyl (C=O) groups excluding carboxylic acids is 4. The highest BCUT2D eigenvalue weighted by atomic mass is 16.4. The summed E-state index contributed by atoms with van der Waals surface area (Å²) < 4.78 is 0. The highest BCUT2D eigenvalue weighted by molar-refractivity contribution is 5.96. The quantitative estimate of drug-likeness (QED) is 0.0495. The molecule has 4 atom stereocenters. The summed E-state index contributed by atoms with van der Waals surface area (Å²) in [6, 6.07) is 0.695. The molecule has 17 nitrogen and oxygen atoms in total.